The van der Waals surface area contributed by atoms with Crippen molar-refractivity contribution in [2.24, 2.45) is 0 Å². The van der Waals surface area contributed by atoms with Crippen molar-refractivity contribution in [1.82, 2.24) is 9.88 Å². The lowest BCUT2D eigenvalue weighted by Gasteiger charge is -2.33. The number of aromatic nitrogens is 1. The van der Waals surface area contributed by atoms with Crippen molar-refractivity contribution in [1.29, 1.82) is 0 Å². The number of hydrogen-bond donors (Lipinski definition) is 0. The fraction of sp³-hybridized carbons (Fsp3) is 0.321. The fourth-order valence-electron chi connectivity index (χ4n) is 5.58. The maximum absolute atomic E-state index is 4.89. The average molecular weight is 408 g/mol. The molecule has 4 aromatic rings. The maximum atomic E-state index is 4.89. The molecule has 31 heavy (non-hydrogen) atoms. The number of likely N-dealkylation sites (N-methyl/N-ethyl adjacent to an activating group) is 1. The van der Waals surface area contributed by atoms with Gasteiger partial charge in [0.25, 0.3) is 0 Å². The van der Waals surface area contributed by atoms with E-state index in [0.717, 1.165) is 32.0 Å². The molecule has 0 saturated carbocycles. The highest BCUT2D eigenvalue weighted by Crippen LogP contribution is 2.41. The number of benzene rings is 3. The Labute approximate surface area is 184 Å². The van der Waals surface area contributed by atoms with Crippen LogP contribution in [-0.2, 0) is 6.42 Å². The van der Waals surface area contributed by atoms with Crippen LogP contribution in [0.4, 0.5) is 5.82 Å². The molecule has 0 spiro atoms. The molecule has 1 atom stereocenters. The van der Waals surface area contributed by atoms with Gasteiger partial charge < -0.3 is 9.80 Å². The third-order valence-corrected chi connectivity index (χ3v) is 7.37. The van der Waals surface area contributed by atoms with Crippen LogP contribution < -0.4 is 4.90 Å². The summed E-state index contributed by atoms with van der Waals surface area (Å²) in [6.07, 6.45) is 5.76. The lowest BCUT2D eigenvalue weighted by atomic mass is 9.77. The van der Waals surface area contributed by atoms with Crippen LogP contribution in [0.3, 0.4) is 0 Å². The number of hydrogen-bond acceptors (Lipinski definition) is 3. The summed E-state index contributed by atoms with van der Waals surface area (Å²) in [5.74, 6) is 1.58. The van der Waals surface area contributed by atoms with Gasteiger partial charge in [0.05, 0.1) is 0 Å². The van der Waals surface area contributed by atoms with E-state index in [1.54, 1.807) is 5.56 Å². The maximum Gasteiger partial charge on any atom is 0.128 e. The predicted octanol–water partition coefficient (Wildman–Crippen LogP) is 5.61. The highest BCUT2D eigenvalue weighted by molar-refractivity contribution is 6.08. The van der Waals surface area contributed by atoms with Gasteiger partial charge in [0.15, 0.2) is 0 Å². The van der Waals surface area contributed by atoms with Crippen molar-refractivity contribution < 1.29 is 0 Å². The Morgan fingerprint density at radius 1 is 0.806 bits per heavy atom. The summed E-state index contributed by atoms with van der Waals surface area (Å²) in [7, 11) is 2.20. The number of rotatable bonds is 2. The molecule has 1 aliphatic heterocycles. The van der Waals surface area contributed by atoms with Gasteiger partial charge in [-0.25, -0.2) is 4.98 Å². The first kappa shape index (κ1) is 18.8. The quantitative estimate of drug-likeness (QED) is 0.403. The molecule has 1 aliphatic carbocycles. The first-order chi connectivity index (χ1) is 15.3. The second kappa shape index (κ2) is 7.65. The lowest BCUT2D eigenvalue weighted by molar-refractivity contribution is 0.312. The number of aryl methyl sites for hydroxylation is 1. The molecule has 6 rings (SSSR count). The van der Waals surface area contributed by atoms with Crippen molar-refractivity contribution in [3.8, 4) is 0 Å². The number of pyridine rings is 1. The molecule has 0 radical (unpaired) electrons. The van der Waals surface area contributed by atoms with E-state index in [-0.39, 0.29) is 0 Å². The minimum Gasteiger partial charge on any atom is -0.354 e. The summed E-state index contributed by atoms with van der Waals surface area (Å²) in [6.45, 7) is 4.35. The molecule has 0 amide bonds. The Kier molecular flexibility index (Phi) is 4.65. The van der Waals surface area contributed by atoms with E-state index in [1.807, 2.05) is 0 Å². The second-order valence-corrected chi connectivity index (χ2v) is 9.20. The molecule has 1 unspecified atom stereocenters. The Hall–Kier alpha value is -2.91. The average Bonchev–Trinajstić information content (AvgIpc) is 2.84. The molecule has 2 heterocycles. The third-order valence-electron chi connectivity index (χ3n) is 7.37. The molecule has 0 bridgehead atoms. The Bertz CT molecular complexity index is 1240. The minimum absolute atomic E-state index is 0.452. The summed E-state index contributed by atoms with van der Waals surface area (Å²) < 4.78 is 0. The van der Waals surface area contributed by atoms with Gasteiger partial charge in [-0.15, -0.1) is 0 Å². The van der Waals surface area contributed by atoms with E-state index in [2.05, 4.69) is 83.7 Å². The zero-order chi connectivity index (χ0) is 20.8. The summed E-state index contributed by atoms with van der Waals surface area (Å²) >= 11 is 0. The van der Waals surface area contributed by atoms with Crippen LogP contribution in [0.2, 0.25) is 0 Å². The molecule has 3 aromatic carbocycles. The van der Waals surface area contributed by atoms with Crippen LogP contribution in [-0.4, -0.2) is 43.1 Å². The molecule has 1 fully saturated rings. The van der Waals surface area contributed by atoms with Gasteiger partial charge in [-0.05, 0) is 70.6 Å². The SMILES string of the molecule is CN1CCN(c2ccc(C3CCCc4c3ccc3c4ccc4ccccc43)cn2)CC1. The molecule has 156 valence electrons. The van der Waals surface area contributed by atoms with Gasteiger partial charge >= 0.3 is 0 Å². The Balaban J connectivity index is 1.36. The lowest BCUT2D eigenvalue weighted by Crippen LogP contribution is -2.44. The molecule has 3 nitrogen and oxygen atoms in total. The molecule has 1 saturated heterocycles. The molecule has 2 aliphatic rings. The number of fused-ring (bicyclic) bond motifs is 5. The highest BCUT2D eigenvalue weighted by atomic mass is 15.3. The van der Waals surface area contributed by atoms with Crippen LogP contribution >= 0.6 is 0 Å². The number of piperazine rings is 1. The van der Waals surface area contributed by atoms with Crippen molar-refractivity contribution in [3.05, 3.63) is 83.6 Å². The van der Waals surface area contributed by atoms with Gasteiger partial charge in [-0.3, -0.25) is 0 Å². The third kappa shape index (κ3) is 3.28. The van der Waals surface area contributed by atoms with E-state index >= 15 is 0 Å². The fourth-order valence-corrected chi connectivity index (χ4v) is 5.58. The van der Waals surface area contributed by atoms with Crippen LogP contribution in [0.5, 0.6) is 0 Å². The largest absolute Gasteiger partial charge is 0.354 e. The highest BCUT2D eigenvalue weighted by Gasteiger charge is 2.24. The zero-order valence-electron chi connectivity index (χ0n) is 18.2. The summed E-state index contributed by atoms with van der Waals surface area (Å²) in [4.78, 5) is 9.69. The number of nitrogens with zero attached hydrogens (tertiary/aromatic N) is 3. The normalized spacial score (nSPS) is 19.6. The Morgan fingerprint density at radius 2 is 1.65 bits per heavy atom. The van der Waals surface area contributed by atoms with Crippen LogP contribution in [0.1, 0.15) is 35.4 Å². The van der Waals surface area contributed by atoms with E-state index in [0.29, 0.717) is 5.92 Å². The van der Waals surface area contributed by atoms with E-state index < -0.39 is 0 Å². The summed E-state index contributed by atoms with van der Waals surface area (Å²) in [5, 5.41) is 5.51. The molecule has 0 N–H and O–H groups in total. The molecule has 3 heteroatoms. The first-order valence-corrected chi connectivity index (χ1v) is 11.6. The van der Waals surface area contributed by atoms with Crippen LogP contribution in [0.25, 0.3) is 21.5 Å². The molecular formula is C28H29N3. The van der Waals surface area contributed by atoms with Crippen molar-refractivity contribution in [2.45, 2.75) is 25.2 Å². The monoisotopic (exact) mass is 407 g/mol. The smallest absolute Gasteiger partial charge is 0.128 e. The van der Waals surface area contributed by atoms with Gasteiger partial charge in [-0.2, -0.15) is 0 Å². The van der Waals surface area contributed by atoms with Crippen LogP contribution in [0.15, 0.2) is 66.9 Å². The first-order valence-electron chi connectivity index (χ1n) is 11.6. The summed E-state index contributed by atoms with van der Waals surface area (Å²) in [6, 6.07) is 22.7. The van der Waals surface area contributed by atoms with Crippen molar-refractivity contribution in [2.75, 3.05) is 38.1 Å². The van der Waals surface area contributed by atoms with Gasteiger partial charge in [0.2, 0.25) is 0 Å². The minimum atomic E-state index is 0.452. The van der Waals surface area contributed by atoms with Gasteiger partial charge in [0, 0.05) is 38.3 Å². The molecule has 1 aromatic heterocycles. The Morgan fingerprint density at radius 3 is 2.48 bits per heavy atom. The van der Waals surface area contributed by atoms with Gasteiger partial charge in [-0.1, -0.05) is 54.6 Å². The van der Waals surface area contributed by atoms with Crippen molar-refractivity contribution in [3.63, 3.8) is 0 Å². The standard InChI is InChI=1S/C28H29N3/c1-30-15-17-31(18-16-30)28-14-10-21(19-29-28)23-7-4-8-24-26(23)13-12-25-22-6-3-2-5-20(22)9-11-27(24)25/h2-3,5-6,9-14,19,23H,4,7-8,15-18H2,1H3. The van der Waals surface area contributed by atoms with E-state index in [1.165, 1.54) is 51.9 Å². The topological polar surface area (TPSA) is 19.4 Å². The predicted molar refractivity (Wildman–Crippen MR) is 130 cm³/mol. The zero-order valence-corrected chi connectivity index (χ0v) is 18.2. The summed E-state index contributed by atoms with van der Waals surface area (Å²) in [5.41, 5.74) is 4.41. The van der Waals surface area contributed by atoms with Crippen molar-refractivity contribution >= 4 is 27.4 Å². The van der Waals surface area contributed by atoms with E-state index in [4.69, 9.17) is 4.98 Å². The number of anilines is 1. The van der Waals surface area contributed by atoms with E-state index in [9.17, 15) is 0 Å². The second-order valence-electron chi connectivity index (χ2n) is 9.20. The molecular weight excluding hydrogens is 378 g/mol. The van der Waals surface area contributed by atoms with Crippen LogP contribution in [0, 0.1) is 0 Å². The van der Waals surface area contributed by atoms with Gasteiger partial charge in [0.1, 0.15) is 5.82 Å².